The van der Waals surface area contributed by atoms with Gasteiger partial charge in [-0.2, -0.15) is 0 Å². The molecule has 0 unspecified atom stereocenters. The van der Waals surface area contributed by atoms with E-state index in [1.165, 1.54) is 0 Å². The van der Waals surface area contributed by atoms with Crippen molar-refractivity contribution in [3.8, 4) is 11.3 Å². The van der Waals surface area contributed by atoms with Gasteiger partial charge in [0.1, 0.15) is 0 Å². The van der Waals surface area contributed by atoms with Crippen molar-refractivity contribution < 1.29 is 9.21 Å². The van der Waals surface area contributed by atoms with Gasteiger partial charge in [-0.1, -0.05) is 23.7 Å². The molecule has 0 bridgehead atoms. The first-order valence-corrected chi connectivity index (χ1v) is 7.55. The quantitative estimate of drug-likeness (QED) is 0.684. The Bertz CT molecular complexity index is 825. The molecule has 4 nitrogen and oxygen atoms in total. The molecule has 23 heavy (non-hydrogen) atoms. The zero-order valence-electron chi connectivity index (χ0n) is 12.5. The van der Waals surface area contributed by atoms with Gasteiger partial charge in [0.2, 0.25) is 5.89 Å². The van der Waals surface area contributed by atoms with Crippen molar-refractivity contribution in [2.24, 2.45) is 0 Å². The summed E-state index contributed by atoms with van der Waals surface area (Å²) in [5.41, 5.74) is 2.44. The summed E-state index contributed by atoms with van der Waals surface area (Å²) in [6.45, 7) is 1.99. The average Bonchev–Trinajstić information content (AvgIpc) is 3.03. The summed E-state index contributed by atoms with van der Waals surface area (Å²) in [7, 11) is 0. The van der Waals surface area contributed by atoms with Crippen LogP contribution in [0.3, 0.4) is 0 Å². The summed E-state index contributed by atoms with van der Waals surface area (Å²) < 4.78 is 5.73. The molecule has 0 fully saturated rings. The molecular formula is C18H15ClN2O2. The predicted molar refractivity (Wildman–Crippen MR) is 90.7 cm³/mol. The fraction of sp³-hybridized carbons (Fsp3) is 0.111. The topological polar surface area (TPSA) is 55.1 Å². The van der Waals surface area contributed by atoms with Gasteiger partial charge in [0, 0.05) is 21.8 Å². The number of rotatable bonds is 5. The number of hydrogen-bond donors (Lipinski definition) is 1. The summed E-state index contributed by atoms with van der Waals surface area (Å²) in [5, 5.41) is 3.88. The second kappa shape index (κ2) is 6.67. The monoisotopic (exact) mass is 326 g/mol. The third kappa shape index (κ3) is 3.79. The maximum atomic E-state index is 11.4. The van der Waals surface area contributed by atoms with Gasteiger partial charge in [-0.05, 0) is 43.3 Å². The number of ketones is 1. The lowest BCUT2D eigenvalue weighted by Crippen LogP contribution is -2.01. The van der Waals surface area contributed by atoms with Gasteiger partial charge in [-0.25, -0.2) is 4.98 Å². The first kappa shape index (κ1) is 15.3. The molecule has 2 aromatic carbocycles. The molecular weight excluding hydrogens is 312 g/mol. The number of halogens is 1. The Morgan fingerprint density at radius 2 is 2.00 bits per heavy atom. The highest BCUT2D eigenvalue weighted by atomic mass is 35.5. The van der Waals surface area contributed by atoms with Gasteiger partial charge >= 0.3 is 0 Å². The Kier molecular flexibility index (Phi) is 4.44. The van der Waals surface area contributed by atoms with Gasteiger partial charge in [0.25, 0.3) is 0 Å². The van der Waals surface area contributed by atoms with Crippen LogP contribution in [-0.2, 0) is 6.54 Å². The number of Topliss-reactive ketones (excluding diaryl/α,β-unsaturated/α-hetero) is 1. The molecule has 1 aromatic heterocycles. The molecule has 0 spiro atoms. The molecule has 3 rings (SSSR count). The number of oxazole rings is 1. The number of benzene rings is 2. The second-order valence-electron chi connectivity index (χ2n) is 5.12. The summed E-state index contributed by atoms with van der Waals surface area (Å²) in [5.74, 6) is 1.30. The SMILES string of the molecule is CC(=O)c1cccc(NCc2ncc(-c3ccc(Cl)cc3)o2)c1. The first-order valence-electron chi connectivity index (χ1n) is 7.17. The molecule has 0 aliphatic heterocycles. The summed E-state index contributed by atoms with van der Waals surface area (Å²) in [6.07, 6.45) is 1.69. The van der Waals surface area contributed by atoms with Gasteiger partial charge in [-0.3, -0.25) is 4.79 Å². The summed E-state index contributed by atoms with van der Waals surface area (Å²) >= 11 is 5.88. The van der Waals surface area contributed by atoms with Crippen LogP contribution in [0, 0.1) is 0 Å². The predicted octanol–water partition coefficient (Wildman–Crippen LogP) is 4.81. The Morgan fingerprint density at radius 1 is 1.22 bits per heavy atom. The molecule has 0 saturated carbocycles. The van der Waals surface area contributed by atoms with Crippen molar-refractivity contribution >= 4 is 23.1 Å². The molecule has 0 saturated heterocycles. The first-order chi connectivity index (χ1) is 11.1. The average molecular weight is 327 g/mol. The number of anilines is 1. The molecule has 0 radical (unpaired) electrons. The highest BCUT2D eigenvalue weighted by Crippen LogP contribution is 2.22. The summed E-state index contributed by atoms with van der Waals surface area (Å²) in [6, 6.07) is 14.7. The Morgan fingerprint density at radius 3 is 2.74 bits per heavy atom. The fourth-order valence-corrected chi connectivity index (χ4v) is 2.29. The van der Waals surface area contributed by atoms with E-state index in [4.69, 9.17) is 16.0 Å². The van der Waals surface area contributed by atoms with Crippen LogP contribution in [-0.4, -0.2) is 10.8 Å². The molecule has 1 heterocycles. The minimum atomic E-state index is 0.0369. The lowest BCUT2D eigenvalue weighted by atomic mass is 10.1. The molecule has 0 atom stereocenters. The largest absolute Gasteiger partial charge is 0.439 e. The molecule has 5 heteroatoms. The van der Waals surface area contributed by atoms with Crippen molar-refractivity contribution in [3.63, 3.8) is 0 Å². The van der Waals surface area contributed by atoms with Gasteiger partial charge in [-0.15, -0.1) is 0 Å². The van der Waals surface area contributed by atoms with E-state index in [2.05, 4.69) is 10.3 Å². The lowest BCUT2D eigenvalue weighted by Gasteiger charge is -2.05. The summed E-state index contributed by atoms with van der Waals surface area (Å²) in [4.78, 5) is 15.6. The zero-order chi connectivity index (χ0) is 16.2. The highest BCUT2D eigenvalue weighted by Gasteiger charge is 2.07. The zero-order valence-corrected chi connectivity index (χ0v) is 13.3. The number of hydrogen-bond acceptors (Lipinski definition) is 4. The van der Waals surface area contributed by atoms with Crippen LogP contribution >= 0.6 is 11.6 Å². The van der Waals surface area contributed by atoms with Crippen molar-refractivity contribution in [2.75, 3.05) is 5.32 Å². The number of aromatic nitrogens is 1. The van der Waals surface area contributed by atoms with Crippen molar-refractivity contribution in [2.45, 2.75) is 13.5 Å². The van der Waals surface area contributed by atoms with Gasteiger partial charge < -0.3 is 9.73 Å². The Hall–Kier alpha value is -2.59. The molecule has 1 N–H and O–H groups in total. The van der Waals surface area contributed by atoms with Gasteiger partial charge in [0.05, 0.1) is 12.7 Å². The van der Waals surface area contributed by atoms with Crippen LogP contribution in [0.2, 0.25) is 5.02 Å². The van der Waals surface area contributed by atoms with Crippen molar-refractivity contribution in [1.29, 1.82) is 0 Å². The van der Waals surface area contributed by atoms with Gasteiger partial charge in [0.15, 0.2) is 11.5 Å². The molecule has 3 aromatic rings. The number of carbonyl (C=O) groups is 1. The van der Waals surface area contributed by atoms with Crippen LogP contribution in [0.1, 0.15) is 23.2 Å². The van der Waals surface area contributed by atoms with E-state index < -0.39 is 0 Å². The second-order valence-corrected chi connectivity index (χ2v) is 5.55. The van der Waals surface area contributed by atoms with Crippen molar-refractivity contribution in [3.05, 3.63) is 71.2 Å². The van der Waals surface area contributed by atoms with Crippen LogP contribution < -0.4 is 5.32 Å². The van der Waals surface area contributed by atoms with Crippen LogP contribution in [0.5, 0.6) is 0 Å². The van der Waals surface area contributed by atoms with E-state index in [-0.39, 0.29) is 5.78 Å². The van der Waals surface area contributed by atoms with E-state index >= 15 is 0 Å². The van der Waals surface area contributed by atoms with Crippen LogP contribution in [0.15, 0.2) is 59.1 Å². The molecule has 0 aliphatic carbocycles. The molecule has 0 aliphatic rings. The lowest BCUT2D eigenvalue weighted by molar-refractivity contribution is 0.101. The fourth-order valence-electron chi connectivity index (χ4n) is 2.17. The maximum Gasteiger partial charge on any atom is 0.214 e. The number of nitrogens with one attached hydrogen (secondary N) is 1. The van der Waals surface area contributed by atoms with Crippen LogP contribution in [0.25, 0.3) is 11.3 Å². The maximum absolute atomic E-state index is 11.4. The van der Waals surface area contributed by atoms with E-state index in [0.717, 1.165) is 11.3 Å². The molecule has 0 amide bonds. The van der Waals surface area contributed by atoms with Crippen LogP contribution in [0.4, 0.5) is 5.69 Å². The normalized spacial score (nSPS) is 10.5. The minimum Gasteiger partial charge on any atom is -0.439 e. The minimum absolute atomic E-state index is 0.0369. The third-order valence-corrected chi connectivity index (χ3v) is 3.65. The standard InChI is InChI=1S/C18H15ClN2O2/c1-12(22)14-3-2-4-16(9-14)20-11-18-21-10-17(23-18)13-5-7-15(19)8-6-13/h2-10,20H,11H2,1H3. The van der Waals surface area contributed by atoms with E-state index in [9.17, 15) is 4.79 Å². The Balaban J connectivity index is 1.69. The smallest absolute Gasteiger partial charge is 0.214 e. The molecule has 116 valence electrons. The number of carbonyl (C=O) groups excluding carboxylic acids is 1. The van der Waals surface area contributed by atoms with E-state index in [1.807, 2.05) is 42.5 Å². The van der Waals surface area contributed by atoms with E-state index in [1.54, 1.807) is 19.2 Å². The Labute approximate surface area is 139 Å². The van der Waals surface area contributed by atoms with Crippen molar-refractivity contribution in [1.82, 2.24) is 4.98 Å². The number of nitrogens with zero attached hydrogens (tertiary/aromatic N) is 1. The third-order valence-electron chi connectivity index (χ3n) is 3.40. The highest BCUT2D eigenvalue weighted by molar-refractivity contribution is 6.30. The van der Waals surface area contributed by atoms with E-state index in [0.29, 0.717) is 28.8 Å².